The van der Waals surface area contributed by atoms with Crippen molar-refractivity contribution in [3.63, 3.8) is 0 Å². The minimum atomic E-state index is 0. The van der Waals surface area contributed by atoms with Crippen molar-refractivity contribution in [1.29, 1.82) is 5.26 Å². The molecule has 6 heteroatoms. The summed E-state index contributed by atoms with van der Waals surface area (Å²) in [6.45, 7) is 3.88. The first-order valence-corrected chi connectivity index (χ1v) is 9.76. The van der Waals surface area contributed by atoms with Crippen molar-refractivity contribution in [3.05, 3.63) is 59.8 Å². The molecule has 0 N–H and O–H groups in total. The number of piperidine rings is 1. The van der Waals surface area contributed by atoms with E-state index in [1.54, 1.807) is 0 Å². The van der Waals surface area contributed by atoms with E-state index in [2.05, 4.69) is 16.1 Å². The molecule has 0 spiro atoms. The molecule has 5 nitrogen and oxygen atoms in total. The summed E-state index contributed by atoms with van der Waals surface area (Å²) in [4.78, 5) is 2.45. The molecule has 0 unspecified atom stereocenters. The van der Waals surface area contributed by atoms with Gasteiger partial charge < -0.3 is 9.26 Å². The molecule has 0 amide bonds. The molecule has 0 aliphatic carbocycles. The number of ether oxygens (including phenoxy) is 1. The number of halogens is 1. The Kier molecular flexibility index (Phi) is 7.29. The van der Waals surface area contributed by atoms with Crippen LogP contribution in [0.5, 0.6) is 5.75 Å². The minimum Gasteiger partial charge on any atom is -0.492 e. The molecule has 1 fully saturated rings. The molecule has 1 saturated heterocycles. The van der Waals surface area contributed by atoms with E-state index in [-0.39, 0.29) is 12.4 Å². The lowest BCUT2D eigenvalue weighted by molar-refractivity contribution is 0.183. The Balaban J connectivity index is 0.00000240. The van der Waals surface area contributed by atoms with E-state index >= 15 is 0 Å². The predicted octanol–water partition coefficient (Wildman–Crippen LogP) is 5.18. The van der Waals surface area contributed by atoms with Crippen LogP contribution < -0.4 is 4.74 Å². The lowest BCUT2D eigenvalue weighted by Crippen LogP contribution is -2.33. The molecule has 0 saturated carbocycles. The average molecular weight is 410 g/mol. The second kappa shape index (κ2) is 10.1. The molecule has 4 rings (SSSR count). The highest BCUT2D eigenvalue weighted by molar-refractivity contribution is 5.99. The number of rotatable bonds is 6. The molecule has 150 valence electrons. The van der Waals surface area contributed by atoms with Gasteiger partial charge in [0.25, 0.3) is 0 Å². The van der Waals surface area contributed by atoms with Crippen molar-refractivity contribution in [2.75, 3.05) is 26.2 Å². The lowest BCUT2D eigenvalue weighted by Gasteiger charge is -2.26. The van der Waals surface area contributed by atoms with Crippen molar-refractivity contribution in [3.8, 4) is 11.8 Å². The van der Waals surface area contributed by atoms with Crippen LogP contribution in [0.3, 0.4) is 0 Å². The summed E-state index contributed by atoms with van der Waals surface area (Å²) in [5.74, 6) is 0.778. The van der Waals surface area contributed by atoms with Gasteiger partial charge in [-0.3, -0.25) is 4.90 Å². The third kappa shape index (κ3) is 4.97. The van der Waals surface area contributed by atoms with Gasteiger partial charge in [-0.15, -0.1) is 12.4 Å². The molecule has 1 aliphatic heterocycles. The maximum Gasteiger partial charge on any atom is 0.167 e. The fourth-order valence-corrected chi connectivity index (χ4v) is 3.59. The first-order chi connectivity index (χ1) is 13.8. The Hall–Kier alpha value is -2.81. The van der Waals surface area contributed by atoms with E-state index in [1.165, 1.54) is 19.3 Å². The van der Waals surface area contributed by atoms with Crippen LogP contribution in [0.2, 0.25) is 0 Å². The van der Waals surface area contributed by atoms with E-state index < -0.39 is 0 Å². The summed E-state index contributed by atoms with van der Waals surface area (Å²) in [5.41, 5.74) is 2.55. The van der Waals surface area contributed by atoms with Crippen LogP contribution in [0.4, 0.5) is 0 Å². The van der Waals surface area contributed by atoms with Gasteiger partial charge in [-0.1, -0.05) is 41.9 Å². The molecule has 1 aliphatic rings. The van der Waals surface area contributed by atoms with Crippen LogP contribution in [0.25, 0.3) is 22.6 Å². The van der Waals surface area contributed by atoms with Crippen molar-refractivity contribution in [2.24, 2.45) is 0 Å². The quantitative estimate of drug-likeness (QED) is 0.525. The average Bonchev–Trinajstić information content (AvgIpc) is 3.18. The summed E-state index contributed by atoms with van der Waals surface area (Å²) in [6.07, 6.45) is 5.70. The van der Waals surface area contributed by atoms with E-state index in [9.17, 15) is 5.26 Å². The first kappa shape index (κ1) is 20.9. The molecule has 1 aromatic heterocycles. The van der Waals surface area contributed by atoms with Gasteiger partial charge in [0.2, 0.25) is 0 Å². The van der Waals surface area contributed by atoms with Gasteiger partial charge in [0, 0.05) is 12.1 Å². The number of aromatic nitrogens is 1. The van der Waals surface area contributed by atoms with Gasteiger partial charge in [-0.05, 0) is 50.2 Å². The van der Waals surface area contributed by atoms with Crippen LogP contribution in [-0.4, -0.2) is 36.3 Å². The van der Waals surface area contributed by atoms with Gasteiger partial charge in [0.05, 0.1) is 11.0 Å². The van der Waals surface area contributed by atoms with Gasteiger partial charge in [0.1, 0.15) is 24.1 Å². The molecular formula is C23H24ClN3O2. The number of nitrogens with zero attached hydrogens (tertiary/aromatic N) is 3. The zero-order chi connectivity index (χ0) is 19.2. The van der Waals surface area contributed by atoms with E-state index in [1.807, 2.05) is 54.6 Å². The maximum atomic E-state index is 9.71. The zero-order valence-corrected chi connectivity index (χ0v) is 17.0. The molecule has 2 aromatic carbocycles. The van der Waals surface area contributed by atoms with Crippen LogP contribution >= 0.6 is 12.4 Å². The monoisotopic (exact) mass is 409 g/mol. The first-order valence-electron chi connectivity index (χ1n) is 9.76. The van der Waals surface area contributed by atoms with Crippen LogP contribution in [0, 0.1) is 11.3 Å². The van der Waals surface area contributed by atoms with E-state index in [0.29, 0.717) is 23.5 Å². The molecule has 0 radical (unpaired) electrons. The normalized spacial score (nSPS) is 14.9. The third-order valence-corrected chi connectivity index (χ3v) is 5.09. The highest BCUT2D eigenvalue weighted by Gasteiger charge is 2.14. The summed E-state index contributed by atoms with van der Waals surface area (Å²) in [6, 6.07) is 17.6. The van der Waals surface area contributed by atoms with Crippen molar-refractivity contribution in [2.45, 2.75) is 19.3 Å². The number of likely N-dealkylation sites (tertiary alicyclic amines) is 1. The Bertz CT molecular complexity index is 1020. The third-order valence-electron chi connectivity index (χ3n) is 5.09. The molecule has 0 atom stereocenters. The fourth-order valence-electron chi connectivity index (χ4n) is 3.59. The number of nitriles is 1. The summed E-state index contributed by atoms with van der Waals surface area (Å²) in [5, 5.41) is 14.6. The smallest absolute Gasteiger partial charge is 0.167 e. The Morgan fingerprint density at radius 3 is 2.69 bits per heavy atom. The van der Waals surface area contributed by atoms with Crippen molar-refractivity contribution < 1.29 is 9.26 Å². The van der Waals surface area contributed by atoms with Gasteiger partial charge in [-0.25, -0.2) is 0 Å². The number of fused-ring (bicyclic) bond motifs is 1. The van der Waals surface area contributed by atoms with Crippen LogP contribution in [0.1, 0.15) is 30.5 Å². The standard InChI is InChI=1S/C23H23N3O2.ClH/c24-17-19(23-20-9-3-5-11-22(20)28-25-23)16-18-8-2-4-10-21(18)27-15-14-26-12-6-1-7-13-26;/h2-5,8-11,16H,1,6-7,12-15H2;1H. The Labute approximate surface area is 177 Å². The number of hydrogen-bond donors (Lipinski definition) is 0. The fraction of sp³-hybridized carbons (Fsp3) is 0.304. The number of allylic oxidation sites excluding steroid dienone is 1. The van der Waals surface area contributed by atoms with Crippen molar-refractivity contribution in [1.82, 2.24) is 10.1 Å². The number of benzene rings is 2. The van der Waals surface area contributed by atoms with Gasteiger partial charge in [0.15, 0.2) is 5.58 Å². The molecule has 2 heterocycles. The van der Waals surface area contributed by atoms with Crippen LogP contribution in [-0.2, 0) is 0 Å². The van der Waals surface area contributed by atoms with E-state index in [0.717, 1.165) is 36.3 Å². The Morgan fingerprint density at radius 1 is 1.10 bits per heavy atom. The largest absolute Gasteiger partial charge is 0.492 e. The second-order valence-electron chi connectivity index (χ2n) is 6.99. The number of hydrogen-bond acceptors (Lipinski definition) is 5. The highest BCUT2D eigenvalue weighted by Crippen LogP contribution is 2.28. The van der Waals surface area contributed by atoms with Crippen LogP contribution in [0.15, 0.2) is 53.1 Å². The zero-order valence-electron chi connectivity index (χ0n) is 16.2. The predicted molar refractivity (Wildman–Crippen MR) is 117 cm³/mol. The van der Waals surface area contributed by atoms with E-state index in [4.69, 9.17) is 9.26 Å². The lowest BCUT2D eigenvalue weighted by atomic mass is 10.1. The molecular weight excluding hydrogens is 386 g/mol. The highest BCUT2D eigenvalue weighted by atomic mass is 35.5. The molecule has 3 aromatic rings. The second-order valence-corrected chi connectivity index (χ2v) is 6.99. The molecule has 29 heavy (non-hydrogen) atoms. The van der Waals surface area contributed by atoms with Crippen molar-refractivity contribution >= 4 is 35.0 Å². The number of para-hydroxylation sites is 2. The summed E-state index contributed by atoms with van der Waals surface area (Å²) in [7, 11) is 0. The minimum absolute atomic E-state index is 0. The van der Waals surface area contributed by atoms with Gasteiger partial charge >= 0.3 is 0 Å². The molecule has 0 bridgehead atoms. The summed E-state index contributed by atoms with van der Waals surface area (Å²) < 4.78 is 11.4. The maximum absolute atomic E-state index is 9.71. The Morgan fingerprint density at radius 2 is 1.86 bits per heavy atom. The topological polar surface area (TPSA) is 62.3 Å². The SMILES string of the molecule is Cl.N#CC(=Cc1ccccc1OCCN1CCCCC1)c1noc2ccccc12. The van der Waals surface area contributed by atoms with Gasteiger partial charge in [-0.2, -0.15) is 5.26 Å². The summed E-state index contributed by atoms with van der Waals surface area (Å²) >= 11 is 0.